The quantitative estimate of drug-likeness (QED) is 0.574. The van der Waals surface area contributed by atoms with E-state index < -0.39 is 0 Å². The first-order valence-corrected chi connectivity index (χ1v) is 11.6. The highest BCUT2D eigenvalue weighted by Gasteiger charge is 2.26. The molecule has 2 aliphatic rings. The third-order valence-corrected chi connectivity index (χ3v) is 7.24. The highest BCUT2D eigenvalue weighted by molar-refractivity contribution is 7.18. The average Bonchev–Trinajstić information content (AvgIpc) is 3.42. The summed E-state index contributed by atoms with van der Waals surface area (Å²) in [5.41, 5.74) is 4.82. The Hall–Kier alpha value is -2.44. The summed E-state index contributed by atoms with van der Waals surface area (Å²) in [6.07, 6.45) is 6.30. The standard InChI is InChI=1S/C24H28N4OS/c1-17-15-19(18(2)28(17)20-8-9-20)7-10-24(29)27-13-11-26(12-14-27)16-23-25-21-5-3-4-6-22(21)30-23/h3-7,10,15,20H,8-9,11-14,16H2,1-2H3. The van der Waals surface area contributed by atoms with E-state index in [-0.39, 0.29) is 5.91 Å². The molecule has 156 valence electrons. The monoisotopic (exact) mass is 420 g/mol. The lowest BCUT2D eigenvalue weighted by Crippen LogP contribution is -2.47. The van der Waals surface area contributed by atoms with Gasteiger partial charge in [-0.25, -0.2) is 4.98 Å². The van der Waals surface area contributed by atoms with Crippen molar-refractivity contribution in [3.63, 3.8) is 0 Å². The lowest BCUT2D eigenvalue weighted by molar-refractivity contribution is -0.127. The van der Waals surface area contributed by atoms with E-state index in [1.165, 1.54) is 34.5 Å². The Labute approximate surface area is 181 Å². The summed E-state index contributed by atoms with van der Waals surface area (Å²) in [5, 5.41) is 1.15. The number of rotatable bonds is 5. The number of benzene rings is 1. The molecule has 0 spiro atoms. The lowest BCUT2D eigenvalue weighted by Gasteiger charge is -2.33. The van der Waals surface area contributed by atoms with E-state index >= 15 is 0 Å². The Kier molecular flexibility index (Phi) is 5.21. The summed E-state index contributed by atoms with van der Waals surface area (Å²) in [7, 11) is 0. The number of fused-ring (bicyclic) bond motifs is 1. The van der Waals surface area contributed by atoms with E-state index in [1.807, 2.05) is 17.0 Å². The topological polar surface area (TPSA) is 41.4 Å². The minimum atomic E-state index is 0.117. The molecule has 30 heavy (non-hydrogen) atoms. The normalized spacial score (nSPS) is 18.0. The van der Waals surface area contributed by atoms with E-state index in [0.29, 0.717) is 6.04 Å². The number of hydrogen-bond donors (Lipinski definition) is 0. The fourth-order valence-corrected chi connectivity index (χ4v) is 5.45. The summed E-state index contributed by atoms with van der Waals surface area (Å²) < 4.78 is 3.66. The van der Waals surface area contributed by atoms with Gasteiger partial charge in [0, 0.05) is 49.7 Å². The number of piperazine rings is 1. The molecular formula is C24H28N4OS. The zero-order chi connectivity index (χ0) is 20.7. The van der Waals surface area contributed by atoms with Crippen molar-refractivity contribution in [1.29, 1.82) is 0 Å². The number of para-hydroxylation sites is 1. The van der Waals surface area contributed by atoms with Gasteiger partial charge in [0.05, 0.1) is 16.8 Å². The van der Waals surface area contributed by atoms with Crippen LogP contribution in [-0.4, -0.2) is 51.4 Å². The minimum absolute atomic E-state index is 0.117. The number of carbonyl (C=O) groups is 1. The van der Waals surface area contributed by atoms with Gasteiger partial charge in [-0.15, -0.1) is 11.3 Å². The van der Waals surface area contributed by atoms with Crippen molar-refractivity contribution in [3.8, 4) is 0 Å². The molecule has 0 bridgehead atoms. The molecule has 0 N–H and O–H groups in total. The second-order valence-corrected chi connectivity index (χ2v) is 9.55. The fourth-order valence-electron chi connectivity index (χ4n) is 4.44. The largest absolute Gasteiger partial charge is 0.346 e. The lowest BCUT2D eigenvalue weighted by atomic mass is 10.2. The molecule has 1 aromatic carbocycles. The summed E-state index contributed by atoms with van der Waals surface area (Å²) >= 11 is 1.77. The van der Waals surface area contributed by atoms with Crippen LogP contribution < -0.4 is 0 Å². The number of thiazole rings is 1. The maximum absolute atomic E-state index is 12.7. The number of amides is 1. The molecule has 5 rings (SSSR count). The molecule has 0 radical (unpaired) electrons. The predicted octanol–water partition coefficient (Wildman–Crippen LogP) is 4.41. The second kappa shape index (κ2) is 8.00. The fraction of sp³-hybridized carbons (Fsp3) is 0.417. The molecular weight excluding hydrogens is 392 g/mol. The van der Waals surface area contributed by atoms with Crippen molar-refractivity contribution in [2.24, 2.45) is 0 Å². The van der Waals surface area contributed by atoms with E-state index in [4.69, 9.17) is 4.98 Å². The van der Waals surface area contributed by atoms with E-state index in [2.05, 4.69) is 47.6 Å². The van der Waals surface area contributed by atoms with Crippen molar-refractivity contribution in [3.05, 3.63) is 58.4 Å². The maximum Gasteiger partial charge on any atom is 0.246 e. The number of aromatic nitrogens is 2. The van der Waals surface area contributed by atoms with Crippen LogP contribution in [0, 0.1) is 13.8 Å². The van der Waals surface area contributed by atoms with Gasteiger partial charge in [-0.05, 0) is 56.5 Å². The molecule has 1 saturated heterocycles. The zero-order valence-corrected chi connectivity index (χ0v) is 18.5. The SMILES string of the molecule is Cc1cc(C=CC(=O)N2CCN(Cc3nc4ccccc4s3)CC2)c(C)n1C1CC1. The summed E-state index contributed by atoms with van der Waals surface area (Å²) in [4.78, 5) is 21.8. The Morgan fingerprint density at radius 3 is 2.67 bits per heavy atom. The van der Waals surface area contributed by atoms with Crippen LogP contribution in [0.2, 0.25) is 0 Å². The maximum atomic E-state index is 12.7. The smallest absolute Gasteiger partial charge is 0.246 e. The van der Waals surface area contributed by atoms with Gasteiger partial charge in [-0.3, -0.25) is 9.69 Å². The number of hydrogen-bond acceptors (Lipinski definition) is 4. The van der Waals surface area contributed by atoms with Gasteiger partial charge < -0.3 is 9.47 Å². The van der Waals surface area contributed by atoms with Crippen LogP contribution in [0.25, 0.3) is 16.3 Å². The molecule has 3 aromatic rings. The molecule has 1 amide bonds. The van der Waals surface area contributed by atoms with Gasteiger partial charge in [0.25, 0.3) is 0 Å². The third-order valence-electron chi connectivity index (χ3n) is 6.22. The highest BCUT2D eigenvalue weighted by atomic mass is 32.1. The van der Waals surface area contributed by atoms with Gasteiger partial charge in [0.2, 0.25) is 5.91 Å². The number of carbonyl (C=O) groups excluding carboxylic acids is 1. The van der Waals surface area contributed by atoms with Crippen LogP contribution in [0.3, 0.4) is 0 Å². The van der Waals surface area contributed by atoms with Crippen LogP contribution in [-0.2, 0) is 11.3 Å². The molecule has 2 aromatic heterocycles. The average molecular weight is 421 g/mol. The first-order chi connectivity index (χ1) is 14.6. The van der Waals surface area contributed by atoms with E-state index in [0.717, 1.165) is 43.2 Å². The van der Waals surface area contributed by atoms with E-state index in [9.17, 15) is 4.79 Å². The van der Waals surface area contributed by atoms with Crippen LogP contribution in [0.15, 0.2) is 36.4 Å². The van der Waals surface area contributed by atoms with Crippen molar-refractivity contribution in [2.75, 3.05) is 26.2 Å². The highest BCUT2D eigenvalue weighted by Crippen LogP contribution is 2.38. The van der Waals surface area contributed by atoms with Crippen LogP contribution in [0.4, 0.5) is 0 Å². The van der Waals surface area contributed by atoms with Crippen molar-refractivity contribution >= 4 is 33.5 Å². The molecule has 0 unspecified atom stereocenters. The molecule has 1 saturated carbocycles. The molecule has 2 fully saturated rings. The van der Waals surface area contributed by atoms with Crippen molar-refractivity contribution in [1.82, 2.24) is 19.4 Å². The predicted molar refractivity (Wildman–Crippen MR) is 123 cm³/mol. The second-order valence-electron chi connectivity index (χ2n) is 8.44. The zero-order valence-electron chi connectivity index (χ0n) is 17.7. The molecule has 3 heterocycles. The molecule has 1 aliphatic heterocycles. The number of aryl methyl sites for hydroxylation is 1. The first kappa shape index (κ1) is 19.5. The number of nitrogens with zero attached hydrogens (tertiary/aromatic N) is 4. The molecule has 0 atom stereocenters. The minimum Gasteiger partial charge on any atom is -0.346 e. The van der Waals surface area contributed by atoms with Crippen LogP contribution >= 0.6 is 11.3 Å². The molecule has 6 heteroatoms. The van der Waals surface area contributed by atoms with Crippen LogP contribution in [0.1, 0.15) is 40.8 Å². The molecule has 1 aliphatic carbocycles. The van der Waals surface area contributed by atoms with Crippen LogP contribution in [0.5, 0.6) is 0 Å². The Balaban J connectivity index is 1.17. The summed E-state index contributed by atoms with van der Waals surface area (Å²) in [5.74, 6) is 0.117. The van der Waals surface area contributed by atoms with Gasteiger partial charge in [-0.1, -0.05) is 12.1 Å². The van der Waals surface area contributed by atoms with Gasteiger partial charge in [-0.2, -0.15) is 0 Å². The van der Waals surface area contributed by atoms with E-state index in [1.54, 1.807) is 17.4 Å². The van der Waals surface area contributed by atoms with Crippen molar-refractivity contribution in [2.45, 2.75) is 39.3 Å². The Bertz CT molecular complexity index is 1070. The summed E-state index contributed by atoms with van der Waals surface area (Å²) in [6, 6.07) is 11.2. The first-order valence-electron chi connectivity index (χ1n) is 10.8. The Morgan fingerprint density at radius 2 is 1.93 bits per heavy atom. The Morgan fingerprint density at radius 1 is 1.17 bits per heavy atom. The third kappa shape index (κ3) is 3.94. The summed E-state index contributed by atoms with van der Waals surface area (Å²) in [6.45, 7) is 8.53. The molecule has 5 nitrogen and oxygen atoms in total. The van der Waals surface area contributed by atoms with Gasteiger partial charge in [0.1, 0.15) is 5.01 Å². The van der Waals surface area contributed by atoms with Gasteiger partial charge >= 0.3 is 0 Å². The van der Waals surface area contributed by atoms with Crippen molar-refractivity contribution < 1.29 is 4.79 Å². The van der Waals surface area contributed by atoms with Gasteiger partial charge in [0.15, 0.2) is 0 Å².